The first-order valence-corrected chi connectivity index (χ1v) is 7.74. The summed E-state index contributed by atoms with van der Waals surface area (Å²) in [6.07, 6.45) is -5.39. The SMILES string of the molecule is O=C([O-])CCC(=O)Nc1cccc(C(=O)Nc2ccccc2C(F)(F)F)c1. The van der Waals surface area contributed by atoms with Crippen molar-refractivity contribution in [2.24, 2.45) is 0 Å². The predicted octanol–water partition coefficient (Wildman–Crippen LogP) is 2.43. The Hall–Kier alpha value is -3.36. The molecule has 0 aliphatic rings. The van der Waals surface area contributed by atoms with Crippen molar-refractivity contribution in [2.75, 3.05) is 10.6 Å². The number of carbonyl (C=O) groups excluding carboxylic acids is 3. The van der Waals surface area contributed by atoms with Crippen molar-refractivity contribution in [3.63, 3.8) is 0 Å². The van der Waals surface area contributed by atoms with E-state index in [1.807, 2.05) is 0 Å². The molecule has 2 N–H and O–H groups in total. The summed E-state index contributed by atoms with van der Waals surface area (Å²) < 4.78 is 39.0. The molecule has 0 atom stereocenters. The maximum atomic E-state index is 13.0. The van der Waals surface area contributed by atoms with Gasteiger partial charge in [-0.05, 0) is 36.8 Å². The van der Waals surface area contributed by atoms with Gasteiger partial charge in [-0.15, -0.1) is 0 Å². The van der Waals surface area contributed by atoms with Crippen molar-refractivity contribution < 1.29 is 32.7 Å². The zero-order valence-electron chi connectivity index (χ0n) is 13.8. The summed E-state index contributed by atoms with van der Waals surface area (Å²) in [6.45, 7) is 0. The molecule has 0 aliphatic carbocycles. The van der Waals surface area contributed by atoms with E-state index in [2.05, 4.69) is 10.6 Å². The molecule has 2 rings (SSSR count). The molecule has 142 valence electrons. The third-order valence-corrected chi connectivity index (χ3v) is 3.45. The largest absolute Gasteiger partial charge is 0.550 e. The van der Waals surface area contributed by atoms with Gasteiger partial charge in [-0.1, -0.05) is 18.2 Å². The number of hydrogen-bond donors (Lipinski definition) is 2. The van der Waals surface area contributed by atoms with Gasteiger partial charge in [-0.2, -0.15) is 13.2 Å². The topological polar surface area (TPSA) is 98.3 Å². The molecule has 0 aromatic heterocycles. The van der Waals surface area contributed by atoms with Crippen molar-refractivity contribution in [1.29, 1.82) is 0 Å². The molecule has 9 heteroatoms. The Morgan fingerprint density at radius 3 is 2.30 bits per heavy atom. The Bertz CT molecular complexity index is 866. The minimum atomic E-state index is -4.63. The van der Waals surface area contributed by atoms with E-state index in [0.717, 1.165) is 12.1 Å². The number of alkyl halides is 3. The highest BCUT2D eigenvalue weighted by atomic mass is 19.4. The number of anilines is 2. The summed E-state index contributed by atoms with van der Waals surface area (Å²) in [5.74, 6) is -2.77. The van der Waals surface area contributed by atoms with Crippen molar-refractivity contribution in [3.05, 3.63) is 59.7 Å². The van der Waals surface area contributed by atoms with E-state index in [-0.39, 0.29) is 17.7 Å². The summed E-state index contributed by atoms with van der Waals surface area (Å²) >= 11 is 0. The maximum absolute atomic E-state index is 13.0. The van der Waals surface area contributed by atoms with E-state index < -0.39 is 41.6 Å². The first kappa shape index (κ1) is 20.0. The lowest BCUT2D eigenvalue weighted by Gasteiger charge is -2.14. The molecule has 0 spiro atoms. The van der Waals surface area contributed by atoms with Crippen LogP contribution < -0.4 is 15.7 Å². The molecule has 0 fully saturated rings. The molecule has 2 aromatic rings. The van der Waals surface area contributed by atoms with Gasteiger partial charge < -0.3 is 20.5 Å². The van der Waals surface area contributed by atoms with Gasteiger partial charge in [-0.3, -0.25) is 9.59 Å². The summed E-state index contributed by atoms with van der Waals surface area (Å²) in [7, 11) is 0. The smallest absolute Gasteiger partial charge is 0.418 e. The van der Waals surface area contributed by atoms with Gasteiger partial charge in [0, 0.05) is 23.6 Å². The van der Waals surface area contributed by atoms with Crippen molar-refractivity contribution in [1.82, 2.24) is 0 Å². The molecule has 0 heterocycles. The quantitative estimate of drug-likeness (QED) is 0.805. The molecule has 0 saturated carbocycles. The van der Waals surface area contributed by atoms with E-state index >= 15 is 0 Å². The zero-order chi connectivity index (χ0) is 20.0. The third kappa shape index (κ3) is 5.84. The number of carboxylic acid groups (broad SMARTS) is 1. The maximum Gasteiger partial charge on any atom is 0.418 e. The normalized spacial score (nSPS) is 10.9. The minimum Gasteiger partial charge on any atom is -0.550 e. The van der Waals surface area contributed by atoms with Crippen LogP contribution in [0.2, 0.25) is 0 Å². The number of rotatable bonds is 6. The average molecular weight is 379 g/mol. The van der Waals surface area contributed by atoms with E-state index in [4.69, 9.17) is 0 Å². The van der Waals surface area contributed by atoms with Crippen LogP contribution in [-0.2, 0) is 15.8 Å². The monoisotopic (exact) mass is 379 g/mol. The van der Waals surface area contributed by atoms with Crippen molar-refractivity contribution in [3.8, 4) is 0 Å². The molecular weight excluding hydrogens is 365 g/mol. The highest BCUT2D eigenvalue weighted by molar-refractivity contribution is 6.05. The molecule has 27 heavy (non-hydrogen) atoms. The van der Waals surface area contributed by atoms with Gasteiger partial charge in [0.2, 0.25) is 5.91 Å². The Morgan fingerprint density at radius 1 is 0.926 bits per heavy atom. The molecular formula is C18H14F3N2O4-. The van der Waals surface area contributed by atoms with E-state index in [1.165, 1.54) is 36.4 Å². The standard InChI is InChI=1S/C18H15F3N2O4/c19-18(20,21)13-6-1-2-7-14(13)23-17(27)11-4-3-5-12(10-11)22-15(24)8-9-16(25)26/h1-7,10H,8-9H2,(H,22,24)(H,23,27)(H,25,26)/p-1. The fourth-order valence-corrected chi connectivity index (χ4v) is 2.21. The zero-order valence-corrected chi connectivity index (χ0v) is 13.8. The fourth-order valence-electron chi connectivity index (χ4n) is 2.21. The lowest BCUT2D eigenvalue weighted by Crippen LogP contribution is -2.24. The van der Waals surface area contributed by atoms with Crippen molar-refractivity contribution in [2.45, 2.75) is 19.0 Å². The average Bonchev–Trinajstić information content (AvgIpc) is 2.59. The second-order valence-electron chi connectivity index (χ2n) is 5.50. The second kappa shape index (κ2) is 8.35. The molecule has 0 aliphatic heterocycles. The molecule has 0 radical (unpaired) electrons. The Morgan fingerprint density at radius 2 is 1.63 bits per heavy atom. The number of nitrogens with one attached hydrogen (secondary N) is 2. The Balaban J connectivity index is 2.12. The van der Waals surface area contributed by atoms with Crippen LogP contribution in [0.3, 0.4) is 0 Å². The van der Waals surface area contributed by atoms with Crippen LogP contribution >= 0.6 is 0 Å². The van der Waals surface area contributed by atoms with Crippen LogP contribution in [0.1, 0.15) is 28.8 Å². The predicted molar refractivity (Wildman–Crippen MR) is 88.7 cm³/mol. The number of amides is 2. The van der Waals surface area contributed by atoms with Gasteiger partial charge in [0.15, 0.2) is 0 Å². The molecule has 6 nitrogen and oxygen atoms in total. The fraction of sp³-hybridized carbons (Fsp3) is 0.167. The van der Waals surface area contributed by atoms with Gasteiger partial charge >= 0.3 is 6.18 Å². The van der Waals surface area contributed by atoms with Gasteiger partial charge in [0.1, 0.15) is 0 Å². The highest BCUT2D eigenvalue weighted by Gasteiger charge is 2.33. The first-order chi connectivity index (χ1) is 12.7. The van der Waals surface area contributed by atoms with Crippen LogP contribution in [0.4, 0.5) is 24.5 Å². The van der Waals surface area contributed by atoms with Crippen molar-refractivity contribution >= 4 is 29.2 Å². The minimum absolute atomic E-state index is 0.0182. The number of carbonyl (C=O) groups is 3. The second-order valence-corrected chi connectivity index (χ2v) is 5.50. The number of halogens is 3. The van der Waals surface area contributed by atoms with Crippen LogP contribution in [0.25, 0.3) is 0 Å². The van der Waals surface area contributed by atoms with Crippen LogP contribution in [0.15, 0.2) is 48.5 Å². The van der Waals surface area contributed by atoms with E-state index in [0.29, 0.717) is 0 Å². The third-order valence-electron chi connectivity index (χ3n) is 3.45. The van der Waals surface area contributed by atoms with Gasteiger partial charge in [0.05, 0.1) is 11.3 Å². The number of aliphatic carboxylic acids is 1. The molecule has 0 unspecified atom stereocenters. The highest BCUT2D eigenvalue weighted by Crippen LogP contribution is 2.34. The lowest BCUT2D eigenvalue weighted by atomic mass is 10.1. The molecule has 0 saturated heterocycles. The number of carboxylic acids is 1. The number of hydrogen-bond acceptors (Lipinski definition) is 4. The van der Waals surface area contributed by atoms with E-state index in [9.17, 15) is 32.7 Å². The summed E-state index contributed by atoms with van der Waals surface area (Å²) in [4.78, 5) is 34.2. The van der Waals surface area contributed by atoms with Gasteiger partial charge in [-0.25, -0.2) is 0 Å². The molecule has 2 amide bonds. The Labute approximate surface area is 152 Å². The lowest BCUT2D eigenvalue weighted by molar-refractivity contribution is -0.305. The molecule has 0 bridgehead atoms. The molecule has 2 aromatic carbocycles. The summed E-state index contributed by atoms with van der Waals surface area (Å²) in [6, 6.07) is 10.1. The summed E-state index contributed by atoms with van der Waals surface area (Å²) in [5, 5.41) is 14.9. The van der Waals surface area contributed by atoms with Crippen LogP contribution in [-0.4, -0.2) is 17.8 Å². The van der Waals surface area contributed by atoms with E-state index in [1.54, 1.807) is 0 Å². The first-order valence-electron chi connectivity index (χ1n) is 7.74. The van der Waals surface area contributed by atoms with Crippen LogP contribution in [0, 0.1) is 0 Å². The number of benzene rings is 2. The van der Waals surface area contributed by atoms with Gasteiger partial charge in [0.25, 0.3) is 5.91 Å². The Kier molecular flexibility index (Phi) is 6.17. The summed E-state index contributed by atoms with van der Waals surface area (Å²) in [5.41, 5.74) is -1.15. The van der Waals surface area contributed by atoms with Crippen LogP contribution in [0.5, 0.6) is 0 Å². The number of para-hydroxylation sites is 1.